The van der Waals surface area contributed by atoms with E-state index in [2.05, 4.69) is 9.64 Å². The minimum Gasteiger partial charge on any atom is -0.467 e. The van der Waals surface area contributed by atoms with Crippen LogP contribution in [0, 0.1) is 0 Å². The molecular formula is C8H15NO3. The van der Waals surface area contributed by atoms with Crippen LogP contribution in [0.4, 0.5) is 0 Å². The number of carbonyl (C=O) groups is 1. The lowest BCUT2D eigenvalue weighted by atomic mass is 10.3. The van der Waals surface area contributed by atoms with Crippen LogP contribution in [0.5, 0.6) is 0 Å². The lowest BCUT2D eigenvalue weighted by Gasteiger charge is -2.16. The molecule has 12 heavy (non-hydrogen) atoms. The topological polar surface area (TPSA) is 38.8 Å². The highest BCUT2D eigenvalue weighted by Gasteiger charge is 2.23. The highest BCUT2D eigenvalue weighted by molar-refractivity contribution is 5.74. The molecule has 1 fully saturated rings. The molecule has 0 unspecified atom stereocenters. The molecule has 0 saturated carbocycles. The van der Waals surface area contributed by atoms with Gasteiger partial charge in [0.1, 0.15) is 0 Å². The normalized spacial score (nSPS) is 26.3. The highest BCUT2D eigenvalue weighted by atomic mass is 16.6. The Bertz CT molecular complexity index is 160. The van der Waals surface area contributed by atoms with Crippen LogP contribution in [-0.4, -0.2) is 50.8 Å². The summed E-state index contributed by atoms with van der Waals surface area (Å²) in [6.07, 6.45) is 0.576. The molecule has 1 heterocycles. The first-order valence-corrected chi connectivity index (χ1v) is 4.12. The summed E-state index contributed by atoms with van der Waals surface area (Å²) in [5, 5.41) is 0. The van der Waals surface area contributed by atoms with E-state index < -0.39 is 6.10 Å². The van der Waals surface area contributed by atoms with E-state index in [1.54, 1.807) is 0 Å². The number of likely N-dealkylation sites (N-methyl/N-ethyl adjacent to an activating group) is 1. The Balaban J connectivity index is 2.46. The summed E-state index contributed by atoms with van der Waals surface area (Å²) in [5.41, 5.74) is 0. The maximum Gasteiger partial charge on any atom is 0.336 e. The van der Waals surface area contributed by atoms with Crippen LogP contribution in [0.3, 0.4) is 0 Å². The van der Waals surface area contributed by atoms with E-state index in [1.165, 1.54) is 7.11 Å². The minimum absolute atomic E-state index is 0.274. The molecule has 0 amide bonds. The number of hydrogen-bond donors (Lipinski definition) is 0. The van der Waals surface area contributed by atoms with Crippen molar-refractivity contribution in [2.75, 3.05) is 33.9 Å². The molecular weight excluding hydrogens is 158 g/mol. The van der Waals surface area contributed by atoms with Gasteiger partial charge in [-0.3, -0.25) is 0 Å². The number of esters is 1. The summed E-state index contributed by atoms with van der Waals surface area (Å²) in [4.78, 5) is 13.2. The summed E-state index contributed by atoms with van der Waals surface area (Å²) in [6.45, 7) is 2.25. The van der Waals surface area contributed by atoms with Gasteiger partial charge in [-0.25, -0.2) is 4.79 Å². The van der Waals surface area contributed by atoms with E-state index in [-0.39, 0.29) is 5.97 Å². The van der Waals surface area contributed by atoms with Crippen molar-refractivity contribution in [2.45, 2.75) is 12.5 Å². The third-order valence-electron chi connectivity index (χ3n) is 1.94. The molecule has 1 rings (SSSR count). The Morgan fingerprint density at radius 1 is 1.67 bits per heavy atom. The van der Waals surface area contributed by atoms with Crippen LogP contribution >= 0.6 is 0 Å². The van der Waals surface area contributed by atoms with Gasteiger partial charge in [-0.15, -0.1) is 0 Å². The van der Waals surface area contributed by atoms with Crippen LogP contribution in [0.15, 0.2) is 0 Å². The van der Waals surface area contributed by atoms with Gasteiger partial charge in [-0.1, -0.05) is 0 Å². The Hall–Kier alpha value is -0.610. The fourth-order valence-corrected chi connectivity index (χ4v) is 1.26. The van der Waals surface area contributed by atoms with Gasteiger partial charge in [-0.05, 0) is 13.5 Å². The molecule has 1 aliphatic heterocycles. The standard InChI is InChI=1S/C8H15NO3/c1-9-4-3-5-12-7(6-9)8(10)11-2/h7H,3-6H2,1-2H3/t7-/m0/s1. The second-order valence-electron chi connectivity index (χ2n) is 3.00. The van der Waals surface area contributed by atoms with E-state index in [4.69, 9.17) is 4.74 Å². The van der Waals surface area contributed by atoms with Gasteiger partial charge in [0.05, 0.1) is 7.11 Å². The Kier molecular flexibility index (Phi) is 3.49. The van der Waals surface area contributed by atoms with Gasteiger partial charge in [0.2, 0.25) is 0 Å². The monoisotopic (exact) mass is 173 g/mol. The van der Waals surface area contributed by atoms with Crippen molar-refractivity contribution in [2.24, 2.45) is 0 Å². The highest BCUT2D eigenvalue weighted by Crippen LogP contribution is 2.04. The van der Waals surface area contributed by atoms with Crippen molar-refractivity contribution in [1.29, 1.82) is 0 Å². The Labute approximate surface area is 72.4 Å². The number of rotatable bonds is 1. The fourth-order valence-electron chi connectivity index (χ4n) is 1.26. The Morgan fingerprint density at radius 3 is 3.08 bits per heavy atom. The van der Waals surface area contributed by atoms with Crippen LogP contribution in [0.1, 0.15) is 6.42 Å². The van der Waals surface area contributed by atoms with Crippen LogP contribution in [-0.2, 0) is 14.3 Å². The number of hydrogen-bond acceptors (Lipinski definition) is 4. The number of carbonyl (C=O) groups excluding carboxylic acids is 1. The predicted octanol–water partition coefficient (Wildman–Crippen LogP) is -0.120. The zero-order valence-corrected chi connectivity index (χ0v) is 7.58. The van der Waals surface area contributed by atoms with Gasteiger partial charge in [0, 0.05) is 19.7 Å². The quantitative estimate of drug-likeness (QED) is 0.518. The third-order valence-corrected chi connectivity index (χ3v) is 1.94. The van der Waals surface area contributed by atoms with Gasteiger partial charge < -0.3 is 14.4 Å². The molecule has 0 aromatic carbocycles. The molecule has 0 radical (unpaired) electrons. The van der Waals surface area contributed by atoms with Crippen molar-refractivity contribution < 1.29 is 14.3 Å². The molecule has 0 aromatic heterocycles. The SMILES string of the molecule is COC(=O)[C@@H]1CN(C)CCCO1. The van der Waals surface area contributed by atoms with E-state index in [0.29, 0.717) is 13.2 Å². The molecule has 70 valence electrons. The molecule has 1 aliphatic rings. The first-order valence-electron chi connectivity index (χ1n) is 4.12. The molecule has 4 heteroatoms. The second kappa shape index (κ2) is 4.42. The van der Waals surface area contributed by atoms with E-state index in [9.17, 15) is 4.79 Å². The van der Waals surface area contributed by atoms with Crippen molar-refractivity contribution in [1.82, 2.24) is 4.90 Å². The van der Waals surface area contributed by atoms with Crippen LogP contribution in [0.2, 0.25) is 0 Å². The predicted molar refractivity (Wildman–Crippen MR) is 43.9 cm³/mol. The molecule has 1 saturated heterocycles. The third kappa shape index (κ3) is 2.46. The smallest absolute Gasteiger partial charge is 0.336 e. The maximum atomic E-state index is 11.1. The first-order chi connectivity index (χ1) is 5.74. The molecule has 0 aliphatic carbocycles. The lowest BCUT2D eigenvalue weighted by Crippen LogP contribution is -2.35. The largest absolute Gasteiger partial charge is 0.467 e. The second-order valence-corrected chi connectivity index (χ2v) is 3.00. The zero-order chi connectivity index (χ0) is 8.97. The van der Waals surface area contributed by atoms with E-state index in [1.807, 2.05) is 7.05 Å². The molecule has 1 atom stereocenters. The average molecular weight is 173 g/mol. The zero-order valence-electron chi connectivity index (χ0n) is 7.58. The Morgan fingerprint density at radius 2 is 2.42 bits per heavy atom. The van der Waals surface area contributed by atoms with Crippen molar-refractivity contribution >= 4 is 5.97 Å². The van der Waals surface area contributed by atoms with Crippen LogP contribution < -0.4 is 0 Å². The molecule has 4 nitrogen and oxygen atoms in total. The first kappa shape index (κ1) is 9.48. The molecule has 0 N–H and O–H groups in total. The van der Waals surface area contributed by atoms with Gasteiger partial charge in [-0.2, -0.15) is 0 Å². The van der Waals surface area contributed by atoms with Gasteiger partial charge >= 0.3 is 5.97 Å². The van der Waals surface area contributed by atoms with Crippen molar-refractivity contribution in [3.8, 4) is 0 Å². The summed E-state index contributed by atoms with van der Waals surface area (Å²) >= 11 is 0. The van der Waals surface area contributed by atoms with E-state index >= 15 is 0 Å². The summed E-state index contributed by atoms with van der Waals surface area (Å²) in [5.74, 6) is -0.274. The average Bonchev–Trinajstić information content (AvgIpc) is 2.28. The number of methoxy groups -OCH3 is 1. The van der Waals surface area contributed by atoms with Crippen molar-refractivity contribution in [3.63, 3.8) is 0 Å². The molecule has 0 aromatic rings. The summed E-state index contributed by atoms with van der Waals surface area (Å²) in [6, 6.07) is 0. The number of nitrogens with zero attached hydrogens (tertiary/aromatic N) is 1. The summed E-state index contributed by atoms with van der Waals surface area (Å²) in [7, 11) is 3.36. The fraction of sp³-hybridized carbons (Fsp3) is 0.875. The van der Waals surface area contributed by atoms with Gasteiger partial charge in [0.15, 0.2) is 6.10 Å². The van der Waals surface area contributed by atoms with Crippen LogP contribution in [0.25, 0.3) is 0 Å². The van der Waals surface area contributed by atoms with Crippen molar-refractivity contribution in [3.05, 3.63) is 0 Å². The minimum atomic E-state index is -0.400. The van der Waals surface area contributed by atoms with E-state index in [0.717, 1.165) is 13.0 Å². The van der Waals surface area contributed by atoms with Gasteiger partial charge in [0.25, 0.3) is 0 Å². The maximum absolute atomic E-state index is 11.1. The lowest BCUT2D eigenvalue weighted by molar-refractivity contribution is -0.153. The summed E-state index contributed by atoms with van der Waals surface area (Å²) < 4.78 is 9.91. The molecule has 0 bridgehead atoms. The molecule has 0 spiro atoms. The number of ether oxygens (including phenoxy) is 2.